The van der Waals surface area contributed by atoms with E-state index in [9.17, 15) is 0 Å². The molecule has 5 rings (SSSR count). The number of hydrogen-bond donors (Lipinski definition) is 1. The van der Waals surface area contributed by atoms with E-state index in [-0.39, 0.29) is 6.04 Å². The molecule has 27 heavy (non-hydrogen) atoms. The van der Waals surface area contributed by atoms with Crippen LogP contribution in [0.4, 0.5) is 5.82 Å². The number of aromatic nitrogens is 4. The lowest BCUT2D eigenvalue weighted by atomic mass is 10.1. The smallest absolute Gasteiger partial charge is 0.168 e. The number of methoxy groups -OCH3 is 1. The molecular weight excluding hydrogens is 338 g/mol. The second kappa shape index (κ2) is 6.39. The van der Waals surface area contributed by atoms with Crippen molar-refractivity contribution in [2.75, 3.05) is 12.4 Å². The Labute approximate surface area is 156 Å². The summed E-state index contributed by atoms with van der Waals surface area (Å²) in [6.45, 7) is 0. The van der Waals surface area contributed by atoms with Gasteiger partial charge in [0, 0.05) is 0 Å². The molecule has 1 atom stereocenters. The highest BCUT2D eigenvalue weighted by atomic mass is 16.5. The maximum absolute atomic E-state index is 5.51. The molecule has 1 aliphatic carbocycles. The molecule has 0 spiro atoms. The standard InChI is InChI=1S/C21H19N5O/c1-27-19-9-5-8-15-16(19)10-11-18(15)25-20-17-12-24-26(21(17)23-13-22-20)14-6-3-2-4-7-14/h2-9,12-13,18H,10-11H2,1H3,(H,22,23,25). The number of hydrogen-bond acceptors (Lipinski definition) is 5. The Morgan fingerprint density at radius 1 is 1.07 bits per heavy atom. The monoisotopic (exact) mass is 357 g/mol. The molecule has 6 nitrogen and oxygen atoms in total. The van der Waals surface area contributed by atoms with E-state index in [0.717, 1.165) is 41.1 Å². The first kappa shape index (κ1) is 15.8. The zero-order valence-electron chi connectivity index (χ0n) is 15.0. The van der Waals surface area contributed by atoms with Crippen LogP contribution in [0, 0.1) is 0 Å². The van der Waals surface area contributed by atoms with Gasteiger partial charge in [-0.25, -0.2) is 14.6 Å². The van der Waals surface area contributed by atoms with Crippen LogP contribution in [0.25, 0.3) is 16.7 Å². The summed E-state index contributed by atoms with van der Waals surface area (Å²) >= 11 is 0. The van der Waals surface area contributed by atoms with Crippen LogP contribution in [-0.2, 0) is 6.42 Å². The molecule has 2 heterocycles. The normalized spacial score (nSPS) is 15.7. The zero-order chi connectivity index (χ0) is 18.2. The number of fused-ring (bicyclic) bond motifs is 2. The molecule has 6 heteroatoms. The number of anilines is 1. The van der Waals surface area contributed by atoms with Crippen LogP contribution in [0.1, 0.15) is 23.6 Å². The third-order valence-corrected chi connectivity index (χ3v) is 5.13. The van der Waals surface area contributed by atoms with Gasteiger partial charge in [-0.2, -0.15) is 5.10 Å². The number of benzene rings is 2. The molecule has 2 aromatic carbocycles. The summed E-state index contributed by atoms with van der Waals surface area (Å²) in [6, 6.07) is 16.4. The van der Waals surface area contributed by atoms with Crippen LogP contribution in [0.2, 0.25) is 0 Å². The van der Waals surface area contributed by atoms with E-state index in [0.29, 0.717) is 0 Å². The number of nitrogens with one attached hydrogen (secondary N) is 1. The van der Waals surface area contributed by atoms with Gasteiger partial charge in [0.05, 0.1) is 30.4 Å². The molecule has 1 N–H and O–H groups in total. The molecule has 2 aromatic heterocycles. The summed E-state index contributed by atoms with van der Waals surface area (Å²) in [5.74, 6) is 1.77. The SMILES string of the molecule is COc1cccc2c1CCC2Nc1ncnc2c1cnn2-c1ccccc1. The lowest BCUT2D eigenvalue weighted by molar-refractivity contribution is 0.410. The van der Waals surface area contributed by atoms with Crippen LogP contribution >= 0.6 is 0 Å². The van der Waals surface area contributed by atoms with Gasteiger partial charge in [0.25, 0.3) is 0 Å². The molecule has 1 aliphatic rings. The van der Waals surface area contributed by atoms with Crippen molar-refractivity contribution < 1.29 is 4.74 Å². The average Bonchev–Trinajstić information content (AvgIpc) is 3.34. The number of nitrogens with zero attached hydrogens (tertiary/aromatic N) is 4. The van der Waals surface area contributed by atoms with Crippen molar-refractivity contribution in [3.63, 3.8) is 0 Å². The predicted octanol–water partition coefficient (Wildman–Crippen LogP) is 3.92. The second-order valence-electron chi connectivity index (χ2n) is 6.62. The molecule has 0 saturated heterocycles. The minimum Gasteiger partial charge on any atom is -0.496 e. The molecule has 0 aliphatic heterocycles. The van der Waals surface area contributed by atoms with Crippen molar-refractivity contribution in [1.29, 1.82) is 0 Å². The number of rotatable bonds is 4. The van der Waals surface area contributed by atoms with E-state index >= 15 is 0 Å². The zero-order valence-corrected chi connectivity index (χ0v) is 15.0. The molecule has 0 fully saturated rings. The summed E-state index contributed by atoms with van der Waals surface area (Å²) in [7, 11) is 1.72. The molecule has 134 valence electrons. The quantitative estimate of drug-likeness (QED) is 0.600. The van der Waals surface area contributed by atoms with Gasteiger partial charge in [-0.05, 0) is 42.2 Å². The van der Waals surface area contributed by atoms with Gasteiger partial charge in [-0.3, -0.25) is 0 Å². The Kier molecular flexibility index (Phi) is 3.74. The summed E-state index contributed by atoms with van der Waals surface area (Å²) in [5.41, 5.74) is 4.33. The Bertz CT molecular complexity index is 1110. The van der Waals surface area contributed by atoms with Crippen molar-refractivity contribution >= 4 is 16.9 Å². The highest BCUT2D eigenvalue weighted by Crippen LogP contribution is 2.39. The number of ether oxygens (including phenoxy) is 1. The summed E-state index contributed by atoms with van der Waals surface area (Å²) in [6.07, 6.45) is 5.42. The summed E-state index contributed by atoms with van der Waals surface area (Å²) in [5, 5.41) is 9.04. The Morgan fingerprint density at radius 2 is 1.96 bits per heavy atom. The van der Waals surface area contributed by atoms with Gasteiger partial charge in [0.1, 0.15) is 17.9 Å². The Balaban J connectivity index is 1.52. The minimum atomic E-state index is 0.202. The second-order valence-corrected chi connectivity index (χ2v) is 6.62. The topological polar surface area (TPSA) is 64.9 Å². The minimum absolute atomic E-state index is 0.202. The van der Waals surface area contributed by atoms with E-state index in [1.54, 1.807) is 13.4 Å². The fraction of sp³-hybridized carbons (Fsp3) is 0.190. The van der Waals surface area contributed by atoms with Gasteiger partial charge in [-0.15, -0.1) is 0 Å². The first-order valence-electron chi connectivity index (χ1n) is 9.01. The van der Waals surface area contributed by atoms with Gasteiger partial charge in [-0.1, -0.05) is 30.3 Å². The van der Waals surface area contributed by atoms with Crippen molar-refractivity contribution in [3.05, 3.63) is 72.2 Å². The summed E-state index contributed by atoms with van der Waals surface area (Å²) < 4.78 is 7.35. The maximum atomic E-state index is 5.51. The Morgan fingerprint density at radius 3 is 2.81 bits per heavy atom. The molecular formula is C21H19N5O. The third kappa shape index (κ3) is 2.61. The molecule has 1 unspecified atom stereocenters. The van der Waals surface area contributed by atoms with Crippen molar-refractivity contribution in [2.45, 2.75) is 18.9 Å². The summed E-state index contributed by atoms with van der Waals surface area (Å²) in [4.78, 5) is 8.94. The highest BCUT2D eigenvalue weighted by molar-refractivity contribution is 5.87. The van der Waals surface area contributed by atoms with E-state index in [1.165, 1.54) is 11.1 Å². The van der Waals surface area contributed by atoms with Crippen LogP contribution in [0.3, 0.4) is 0 Å². The number of para-hydroxylation sites is 1. The van der Waals surface area contributed by atoms with Crippen LogP contribution < -0.4 is 10.1 Å². The lowest BCUT2D eigenvalue weighted by Gasteiger charge is -2.15. The largest absolute Gasteiger partial charge is 0.496 e. The van der Waals surface area contributed by atoms with Gasteiger partial charge in [0.15, 0.2) is 5.65 Å². The van der Waals surface area contributed by atoms with Crippen LogP contribution in [-0.4, -0.2) is 26.9 Å². The predicted molar refractivity (Wildman–Crippen MR) is 104 cm³/mol. The van der Waals surface area contributed by atoms with Crippen molar-refractivity contribution in [2.24, 2.45) is 0 Å². The van der Waals surface area contributed by atoms with Gasteiger partial charge >= 0.3 is 0 Å². The van der Waals surface area contributed by atoms with Crippen LogP contribution in [0.15, 0.2) is 61.1 Å². The molecule has 0 amide bonds. The third-order valence-electron chi connectivity index (χ3n) is 5.13. The first-order valence-corrected chi connectivity index (χ1v) is 9.01. The maximum Gasteiger partial charge on any atom is 0.168 e. The van der Waals surface area contributed by atoms with E-state index in [2.05, 4.69) is 26.4 Å². The fourth-order valence-corrected chi connectivity index (χ4v) is 3.84. The molecule has 4 aromatic rings. The van der Waals surface area contributed by atoms with E-state index in [4.69, 9.17) is 4.74 Å². The van der Waals surface area contributed by atoms with Crippen LogP contribution in [0.5, 0.6) is 5.75 Å². The Hall–Kier alpha value is -3.41. The van der Waals surface area contributed by atoms with Gasteiger partial charge in [0.2, 0.25) is 0 Å². The van der Waals surface area contributed by atoms with Crippen molar-refractivity contribution in [1.82, 2.24) is 19.7 Å². The molecule has 0 radical (unpaired) electrons. The average molecular weight is 357 g/mol. The van der Waals surface area contributed by atoms with Crippen molar-refractivity contribution in [3.8, 4) is 11.4 Å². The van der Waals surface area contributed by atoms with E-state index < -0.39 is 0 Å². The van der Waals surface area contributed by atoms with Gasteiger partial charge < -0.3 is 10.1 Å². The lowest BCUT2D eigenvalue weighted by Crippen LogP contribution is -2.09. The highest BCUT2D eigenvalue weighted by Gasteiger charge is 2.26. The first-order chi connectivity index (χ1) is 13.3. The molecule has 0 saturated carbocycles. The van der Waals surface area contributed by atoms with E-state index in [1.807, 2.05) is 53.3 Å². The fourth-order valence-electron chi connectivity index (χ4n) is 3.84. The molecule has 0 bridgehead atoms.